The smallest absolute Gasteiger partial charge is 0.350 e. The number of ether oxygens (including phenoxy) is 2. The Morgan fingerprint density at radius 2 is 1.90 bits per heavy atom. The predicted octanol–water partition coefficient (Wildman–Crippen LogP) is 4.29. The van der Waals surface area contributed by atoms with E-state index in [-0.39, 0.29) is 31.3 Å². The number of hydrogen-bond donors (Lipinski definition) is 1. The lowest BCUT2D eigenvalue weighted by Gasteiger charge is -2.34. The summed E-state index contributed by atoms with van der Waals surface area (Å²) in [5.74, 6) is -0.612. The van der Waals surface area contributed by atoms with Gasteiger partial charge in [0.25, 0.3) is 0 Å². The molecule has 0 bridgehead atoms. The first-order valence-corrected chi connectivity index (χ1v) is 10.8. The van der Waals surface area contributed by atoms with Crippen molar-refractivity contribution in [2.75, 3.05) is 31.6 Å². The Morgan fingerprint density at radius 1 is 1.24 bits per heavy atom. The number of thiophene rings is 1. The van der Waals surface area contributed by atoms with Crippen LogP contribution in [0.5, 0.6) is 0 Å². The van der Waals surface area contributed by atoms with Gasteiger partial charge >= 0.3 is 5.97 Å². The fourth-order valence-electron chi connectivity index (χ4n) is 3.39. The first kappa shape index (κ1) is 21.8. The lowest BCUT2D eigenvalue weighted by atomic mass is 10.2. The molecule has 1 fully saturated rings. The number of hydrogen-bond acceptors (Lipinski definition) is 6. The molecule has 1 aromatic carbocycles. The number of morpholine rings is 1. The van der Waals surface area contributed by atoms with Gasteiger partial charge in [-0.15, -0.1) is 11.3 Å². The molecule has 2 aromatic rings. The maximum absolute atomic E-state index is 12.7. The molecular formula is C21H25ClN2O4S. The second-order valence-corrected chi connectivity index (χ2v) is 8.57. The molecule has 0 spiro atoms. The molecule has 2 heterocycles. The SMILES string of the molecule is CCOC(=O)c1sc(-c2ccc(Cl)cc2)cc1NC(=O)CN1C[C@@H](C)O[C@@H](C)C1. The van der Waals surface area contributed by atoms with E-state index < -0.39 is 5.97 Å². The summed E-state index contributed by atoms with van der Waals surface area (Å²) in [6, 6.07) is 9.15. The van der Waals surface area contributed by atoms with Gasteiger partial charge in [0.2, 0.25) is 5.91 Å². The van der Waals surface area contributed by atoms with E-state index in [2.05, 4.69) is 10.2 Å². The van der Waals surface area contributed by atoms with Crippen LogP contribution in [0.15, 0.2) is 30.3 Å². The summed E-state index contributed by atoms with van der Waals surface area (Å²) in [6.45, 7) is 7.65. The van der Waals surface area contributed by atoms with Crippen molar-refractivity contribution in [3.63, 3.8) is 0 Å². The standard InChI is InChI=1S/C21H25ClN2O4S/c1-4-27-21(26)20-17(9-18(29-20)15-5-7-16(22)8-6-15)23-19(25)12-24-10-13(2)28-14(3)11-24/h5-9,13-14H,4,10-12H2,1-3H3,(H,23,25)/t13-,14+. The van der Waals surface area contributed by atoms with Crippen LogP contribution in [0.4, 0.5) is 5.69 Å². The minimum Gasteiger partial charge on any atom is -0.462 e. The van der Waals surface area contributed by atoms with Gasteiger partial charge in [-0.05, 0) is 44.5 Å². The topological polar surface area (TPSA) is 67.9 Å². The number of benzene rings is 1. The molecule has 8 heteroatoms. The number of amides is 1. The van der Waals surface area contributed by atoms with Crippen molar-refractivity contribution in [3.8, 4) is 10.4 Å². The molecule has 3 rings (SSSR count). The van der Waals surface area contributed by atoms with E-state index in [0.29, 0.717) is 28.7 Å². The predicted molar refractivity (Wildman–Crippen MR) is 116 cm³/mol. The zero-order chi connectivity index (χ0) is 21.0. The van der Waals surface area contributed by atoms with Crippen LogP contribution in [0.1, 0.15) is 30.4 Å². The molecule has 0 aliphatic carbocycles. The van der Waals surface area contributed by atoms with Gasteiger partial charge in [0, 0.05) is 23.0 Å². The van der Waals surface area contributed by atoms with Crippen LogP contribution >= 0.6 is 22.9 Å². The van der Waals surface area contributed by atoms with Crippen molar-refractivity contribution in [2.45, 2.75) is 33.0 Å². The monoisotopic (exact) mass is 436 g/mol. The Balaban J connectivity index is 1.78. The number of nitrogens with zero attached hydrogens (tertiary/aromatic N) is 1. The molecule has 1 aromatic heterocycles. The number of halogens is 1. The Bertz CT molecular complexity index is 858. The molecule has 1 amide bonds. The molecule has 2 atom stereocenters. The Hall–Kier alpha value is -1.93. The average molecular weight is 437 g/mol. The van der Waals surface area contributed by atoms with Crippen molar-refractivity contribution in [2.24, 2.45) is 0 Å². The van der Waals surface area contributed by atoms with Gasteiger partial charge in [-0.3, -0.25) is 9.69 Å². The summed E-state index contributed by atoms with van der Waals surface area (Å²) < 4.78 is 10.9. The third-order valence-electron chi connectivity index (χ3n) is 4.46. The Labute approximate surface area is 179 Å². The van der Waals surface area contributed by atoms with Crippen molar-refractivity contribution < 1.29 is 19.1 Å². The lowest BCUT2D eigenvalue weighted by Crippen LogP contribution is -2.48. The van der Waals surface area contributed by atoms with Crippen molar-refractivity contribution >= 4 is 40.5 Å². The number of anilines is 1. The normalized spacial score (nSPS) is 19.7. The van der Waals surface area contributed by atoms with Crippen molar-refractivity contribution in [1.82, 2.24) is 4.90 Å². The fraction of sp³-hybridized carbons (Fsp3) is 0.429. The number of carbonyl (C=O) groups is 2. The highest BCUT2D eigenvalue weighted by molar-refractivity contribution is 7.18. The van der Waals surface area contributed by atoms with Crippen LogP contribution in [-0.2, 0) is 14.3 Å². The molecular weight excluding hydrogens is 412 g/mol. The first-order valence-electron chi connectivity index (χ1n) is 9.60. The van der Waals surface area contributed by atoms with Gasteiger partial charge < -0.3 is 14.8 Å². The third kappa shape index (κ3) is 5.79. The van der Waals surface area contributed by atoms with E-state index in [0.717, 1.165) is 10.4 Å². The highest BCUT2D eigenvalue weighted by Gasteiger charge is 2.25. The molecule has 1 saturated heterocycles. The highest BCUT2D eigenvalue weighted by Crippen LogP contribution is 2.36. The van der Waals surface area contributed by atoms with Gasteiger partial charge in [0.1, 0.15) is 4.88 Å². The summed E-state index contributed by atoms with van der Waals surface area (Å²) in [7, 11) is 0. The first-order chi connectivity index (χ1) is 13.9. The van der Waals surface area contributed by atoms with E-state index in [4.69, 9.17) is 21.1 Å². The van der Waals surface area contributed by atoms with Crippen molar-refractivity contribution in [3.05, 3.63) is 40.2 Å². The van der Waals surface area contributed by atoms with Crippen LogP contribution in [0.25, 0.3) is 10.4 Å². The third-order valence-corrected chi connectivity index (χ3v) is 5.87. The maximum atomic E-state index is 12.7. The van der Waals surface area contributed by atoms with E-state index in [9.17, 15) is 9.59 Å². The highest BCUT2D eigenvalue weighted by atomic mass is 35.5. The molecule has 156 valence electrons. The minimum atomic E-state index is -0.443. The van der Waals surface area contributed by atoms with Gasteiger partial charge in [-0.25, -0.2) is 4.79 Å². The number of esters is 1. The second-order valence-electron chi connectivity index (χ2n) is 7.08. The van der Waals surface area contributed by atoms with Crippen LogP contribution < -0.4 is 5.32 Å². The summed E-state index contributed by atoms with van der Waals surface area (Å²) in [4.78, 5) is 28.4. The average Bonchev–Trinajstić information content (AvgIpc) is 3.05. The molecule has 1 aliphatic heterocycles. The summed E-state index contributed by atoms with van der Waals surface area (Å²) in [5.41, 5.74) is 1.39. The Kier molecular flexibility index (Phi) is 7.29. The molecule has 1 aliphatic rings. The van der Waals surface area contributed by atoms with Crippen LogP contribution in [0.3, 0.4) is 0 Å². The Morgan fingerprint density at radius 3 is 2.52 bits per heavy atom. The van der Waals surface area contributed by atoms with Crippen molar-refractivity contribution in [1.29, 1.82) is 0 Å². The van der Waals surface area contributed by atoms with E-state index in [1.807, 2.05) is 32.0 Å². The summed E-state index contributed by atoms with van der Waals surface area (Å²) >= 11 is 7.26. The number of nitrogens with one attached hydrogen (secondary N) is 1. The van der Waals surface area contributed by atoms with E-state index >= 15 is 0 Å². The number of rotatable bonds is 6. The minimum absolute atomic E-state index is 0.0827. The molecule has 0 saturated carbocycles. The zero-order valence-electron chi connectivity index (χ0n) is 16.7. The number of carbonyl (C=O) groups excluding carboxylic acids is 2. The van der Waals surface area contributed by atoms with E-state index in [1.54, 1.807) is 19.1 Å². The zero-order valence-corrected chi connectivity index (χ0v) is 18.3. The summed E-state index contributed by atoms with van der Waals surface area (Å²) in [5, 5.41) is 3.53. The quantitative estimate of drug-likeness (QED) is 0.684. The molecule has 6 nitrogen and oxygen atoms in total. The second kappa shape index (κ2) is 9.71. The molecule has 0 unspecified atom stereocenters. The van der Waals surface area contributed by atoms with Gasteiger partial charge in [-0.2, -0.15) is 0 Å². The van der Waals surface area contributed by atoms with Gasteiger partial charge in [0.05, 0.1) is 31.0 Å². The van der Waals surface area contributed by atoms with Crippen LogP contribution in [0.2, 0.25) is 5.02 Å². The van der Waals surface area contributed by atoms with Crippen LogP contribution in [-0.4, -0.2) is 55.2 Å². The molecule has 0 radical (unpaired) electrons. The summed E-state index contributed by atoms with van der Waals surface area (Å²) in [6.07, 6.45) is 0.165. The maximum Gasteiger partial charge on any atom is 0.350 e. The fourth-order valence-corrected chi connectivity index (χ4v) is 4.53. The van der Waals surface area contributed by atoms with Gasteiger partial charge in [0.15, 0.2) is 0 Å². The largest absolute Gasteiger partial charge is 0.462 e. The lowest BCUT2D eigenvalue weighted by molar-refractivity contribution is -0.121. The molecule has 1 N–H and O–H groups in total. The molecule has 29 heavy (non-hydrogen) atoms. The van der Waals surface area contributed by atoms with E-state index in [1.165, 1.54) is 11.3 Å². The van der Waals surface area contributed by atoms with Gasteiger partial charge in [-0.1, -0.05) is 23.7 Å². The van der Waals surface area contributed by atoms with Crippen LogP contribution in [0, 0.1) is 0 Å².